The number of fused-ring (bicyclic) bond motifs is 1. The molecule has 21 heavy (non-hydrogen) atoms. The van der Waals surface area contributed by atoms with Gasteiger partial charge < -0.3 is 15.1 Å². The molecule has 3 aromatic rings. The Kier molecular flexibility index (Phi) is 3.36. The molecule has 2 aromatic carbocycles. The Labute approximate surface area is 122 Å². The Hall–Kier alpha value is -2.75. The average Bonchev–Trinajstić information content (AvgIpc) is 2.92. The van der Waals surface area contributed by atoms with Crippen LogP contribution in [0.5, 0.6) is 0 Å². The molecule has 1 heterocycles. The number of benzene rings is 2. The summed E-state index contributed by atoms with van der Waals surface area (Å²) in [7, 11) is 0. The molecule has 0 radical (unpaired) electrons. The van der Waals surface area contributed by atoms with Gasteiger partial charge in [0, 0.05) is 23.3 Å². The van der Waals surface area contributed by atoms with E-state index in [1.54, 1.807) is 29.2 Å². The third kappa shape index (κ3) is 2.48. The van der Waals surface area contributed by atoms with Crippen molar-refractivity contribution in [3.63, 3.8) is 0 Å². The molecule has 0 aliphatic carbocycles. The average molecular weight is 280 g/mol. The van der Waals surface area contributed by atoms with Crippen molar-refractivity contribution in [3.8, 4) is 0 Å². The Morgan fingerprint density at radius 1 is 1.14 bits per heavy atom. The van der Waals surface area contributed by atoms with Gasteiger partial charge in [-0.1, -0.05) is 18.2 Å². The van der Waals surface area contributed by atoms with E-state index >= 15 is 0 Å². The monoisotopic (exact) mass is 280 g/mol. The third-order valence-corrected chi connectivity index (χ3v) is 3.38. The molecule has 0 fully saturated rings. The van der Waals surface area contributed by atoms with Crippen LogP contribution in [0.1, 0.15) is 17.5 Å². The lowest BCUT2D eigenvalue weighted by Crippen LogP contribution is -2.30. The Morgan fingerprint density at radius 2 is 1.90 bits per heavy atom. The minimum atomic E-state index is -0.154. The van der Waals surface area contributed by atoms with Crippen LogP contribution in [0.25, 0.3) is 11.0 Å². The van der Waals surface area contributed by atoms with Crippen molar-refractivity contribution in [1.29, 1.82) is 0 Å². The molecule has 3 rings (SSSR count). The summed E-state index contributed by atoms with van der Waals surface area (Å²) in [5, 5.41) is 0.836. The fraction of sp³-hybridized carbons (Fsp3) is 0.118. The van der Waals surface area contributed by atoms with Gasteiger partial charge in [-0.2, -0.15) is 0 Å². The van der Waals surface area contributed by atoms with Gasteiger partial charge in [-0.15, -0.1) is 0 Å². The molecule has 1 aromatic heterocycles. The van der Waals surface area contributed by atoms with Crippen molar-refractivity contribution < 1.29 is 9.21 Å². The molecule has 0 aliphatic heterocycles. The van der Waals surface area contributed by atoms with Crippen LogP contribution in [-0.2, 0) is 0 Å². The van der Waals surface area contributed by atoms with Gasteiger partial charge in [0.15, 0.2) is 5.76 Å². The van der Waals surface area contributed by atoms with Crippen molar-refractivity contribution in [1.82, 2.24) is 0 Å². The third-order valence-electron chi connectivity index (χ3n) is 3.38. The van der Waals surface area contributed by atoms with Crippen LogP contribution in [0.2, 0.25) is 0 Å². The first-order chi connectivity index (χ1) is 10.2. The van der Waals surface area contributed by atoms with E-state index in [0.29, 0.717) is 23.6 Å². The number of anilines is 2. The first-order valence-corrected chi connectivity index (χ1v) is 6.85. The minimum absolute atomic E-state index is 0.154. The van der Waals surface area contributed by atoms with E-state index in [2.05, 4.69) is 0 Å². The van der Waals surface area contributed by atoms with E-state index in [0.717, 1.165) is 11.1 Å². The predicted molar refractivity (Wildman–Crippen MR) is 84.4 cm³/mol. The fourth-order valence-corrected chi connectivity index (χ4v) is 2.35. The maximum Gasteiger partial charge on any atom is 0.294 e. The SMILES string of the molecule is CCN(C(=O)c1cc2cc(N)ccc2o1)c1ccccc1. The van der Waals surface area contributed by atoms with Gasteiger partial charge in [0.2, 0.25) is 0 Å². The number of nitrogen functional groups attached to an aromatic ring is 1. The lowest BCUT2D eigenvalue weighted by molar-refractivity contribution is 0.0964. The molecular weight excluding hydrogens is 264 g/mol. The van der Waals surface area contributed by atoms with Gasteiger partial charge in [-0.25, -0.2) is 0 Å². The van der Waals surface area contributed by atoms with Gasteiger partial charge in [0.05, 0.1) is 0 Å². The lowest BCUT2D eigenvalue weighted by atomic mass is 10.2. The number of nitrogens with two attached hydrogens (primary N) is 1. The second-order valence-corrected chi connectivity index (χ2v) is 4.79. The summed E-state index contributed by atoms with van der Waals surface area (Å²) < 4.78 is 5.64. The first-order valence-electron chi connectivity index (χ1n) is 6.85. The van der Waals surface area contributed by atoms with Crippen LogP contribution >= 0.6 is 0 Å². The predicted octanol–water partition coefficient (Wildman–Crippen LogP) is 3.68. The lowest BCUT2D eigenvalue weighted by Gasteiger charge is -2.19. The summed E-state index contributed by atoms with van der Waals surface area (Å²) in [6.45, 7) is 2.51. The Bertz CT molecular complexity index is 778. The topological polar surface area (TPSA) is 59.5 Å². The molecule has 0 atom stereocenters. The highest BCUT2D eigenvalue weighted by Crippen LogP contribution is 2.24. The number of furan rings is 1. The van der Waals surface area contributed by atoms with E-state index in [1.807, 2.05) is 37.3 Å². The smallest absolute Gasteiger partial charge is 0.294 e. The number of para-hydroxylation sites is 1. The van der Waals surface area contributed by atoms with Gasteiger partial charge in [-0.3, -0.25) is 4.79 Å². The maximum atomic E-state index is 12.6. The number of amides is 1. The second-order valence-electron chi connectivity index (χ2n) is 4.79. The summed E-state index contributed by atoms with van der Waals surface area (Å²) in [6.07, 6.45) is 0. The molecule has 0 aliphatic rings. The van der Waals surface area contributed by atoms with Crippen molar-refractivity contribution in [2.45, 2.75) is 6.92 Å². The van der Waals surface area contributed by atoms with E-state index in [9.17, 15) is 4.79 Å². The van der Waals surface area contributed by atoms with Crippen molar-refractivity contribution in [3.05, 3.63) is 60.4 Å². The summed E-state index contributed by atoms with van der Waals surface area (Å²) in [4.78, 5) is 14.3. The molecule has 2 N–H and O–H groups in total. The highest BCUT2D eigenvalue weighted by molar-refractivity contribution is 6.06. The van der Waals surface area contributed by atoms with Crippen molar-refractivity contribution >= 4 is 28.3 Å². The highest BCUT2D eigenvalue weighted by atomic mass is 16.3. The molecule has 0 bridgehead atoms. The van der Waals surface area contributed by atoms with Crippen LogP contribution in [-0.4, -0.2) is 12.5 Å². The number of carbonyl (C=O) groups excluding carboxylic acids is 1. The molecule has 0 saturated heterocycles. The molecule has 106 valence electrons. The van der Waals surface area contributed by atoms with E-state index in [1.165, 1.54) is 0 Å². The largest absolute Gasteiger partial charge is 0.451 e. The highest BCUT2D eigenvalue weighted by Gasteiger charge is 2.20. The number of hydrogen-bond donors (Lipinski definition) is 1. The molecule has 4 nitrogen and oxygen atoms in total. The standard InChI is InChI=1S/C17H16N2O2/c1-2-19(14-6-4-3-5-7-14)17(20)16-11-12-10-13(18)8-9-15(12)21-16/h3-11H,2,18H2,1H3. The zero-order valence-electron chi connectivity index (χ0n) is 11.7. The normalized spacial score (nSPS) is 10.7. The number of carbonyl (C=O) groups is 1. The summed E-state index contributed by atoms with van der Waals surface area (Å²) in [5.41, 5.74) is 7.92. The Balaban J connectivity index is 1.98. The summed E-state index contributed by atoms with van der Waals surface area (Å²) in [6, 6.07) is 16.6. The second kappa shape index (κ2) is 5.32. The van der Waals surface area contributed by atoms with Gasteiger partial charge in [0.25, 0.3) is 5.91 Å². The van der Waals surface area contributed by atoms with Crippen molar-refractivity contribution in [2.24, 2.45) is 0 Å². The number of nitrogens with zero attached hydrogens (tertiary/aromatic N) is 1. The first kappa shape index (κ1) is 13.2. The molecule has 0 spiro atoms. The minimum Gasteiger partial charge on any atom is -0.451 e. The van der Waals surface area contributed by atoms with Crippen LogP contribution in [0.15, 0.2) is 59.0 Å². The van der Waals surface area contributed by atoms with E-state index < -0.39 is 0 Å². The molecule has 1 amide bonds. The van der Waals surface area contributed by atoms with Crippen LogP contribution in [0.3, 0.4) is 0 Å². The van der Waals surface area contributed by atoms with Gasteiger partial charge in [-0.05, 0) is 43.3 Å². The summed E-state index contributed by atoms with van der Waals surface area (Å²) >= 11 is 0. The van der Waals surface area contributed by atoms with E-state index in [-0.39, 0.29) is 5.91 Å². The van der Waals surface area contributed by atoms with E-state index in [4.69, 9.17) is 10.2 Å². The van der Waals surface area contributed by atoms with Crippen LogP contribution in [0.4, 0.5) is 11.4 Å². The molecular formula is C17H16N2O2. The summed E-state index contributed by atoms with van der Waals surface area (Å²) in [5.74, 6) is 0.166. The van der Waals surface area contributed by atoms with Gasteiger partial charge >= 0.3 is 0 Å². The van der Waals surface area contributed by atoms with Crippen molar-refractivity contribution in [2.75, 3.05) is 17.2 Å². The van der Waals surface area contributed by atoms with Gasteiger partial charge in [0.1, 0.15) is 5.58 Å². The molecule has 0 saturated carbocycles. The fourth-order valence-electron chi connectivity index (χ4n) is 2.35. The molecule has 4 heteroatoms. The van der Waals surface area contributed by atoms with Crippen LogP contribution < -0.4 is 10.6 Å². The zero-order valence-corrected chi connectivity index (χ0v) is 11.7. The number of hydrogen-bond acceptors (Lipinski definition) is 3. The number of rotatable bonds is 3. The molecule has 0 unspecified atom stereocenters. The Morgan fingerprint density at radius 3 is 2.62 bits per heavy atom. The zero-order chi connectivity index (χ0) is 14.8. The maximum absolute atomic E-state index is 12.6. The quantitative estimate of drug-likeness (QED) is 0.744. The van der Waals surface area contributed by atoms with Crippen LogP contribution in [0, 0.1) is 0 Å².